The fraction of sp³-hybridized carbons (Fsp3) is 0.188. The third kappa shape index (κ3) is 4.05. The maximum atomic E-state index is 11.9. The maximum Gasteiger partial charge on any atom is 0.269 e. The van der Waals surface area contributed by atoms with Gasteiger partial charge in [-0.2, -0.15) is 0 Å². The van der Waals surface area contributed by atoms with Crippen molar-refractivity contribution in [2.24, 2.45) is 0 Å². The molecule has 0 saturated carbocycles. The highest BCUT2D eigenvalue weighted by molar-refractivity contribution is 5.94. The quantitative estimate of drug-likeness (QED) is 0.655. The molecule has 0 bridgehead atoms. The third-order valence-electron chi connectivity index (χ3n) is 3.19. The van der Waals surface area contributed by atoms with Gasteiger partial charge in [0, 0.05) is 23.5 Å². The van der Waals surface area contributed by atoms with Gasteiger partial charge < -0.3 is 10.6 Å². The van der Waals surface area contributed by atoms with Gasteiger partial charge >= 0.3 is 0 Å². The summed E-state index contributed by atoms with van der Waals surface area (Å²) in [6.07, 6.45) is 0. The Kier molecular flexibility index (Phi) is 4.73. The molecule has 22 heavy (non-hydrogen) atoms. The molecular formula is C16H17N3O3. The molecule has 0 spiro atoms. The van der Waals surface area contributed by atoms with Crippen LogP contribution >= 0.6 is 0 Å². The van der Waals surface area contributed by atoms with Crippen LogP contribution in [0.5, 0.6) is 0 Å². The fourth-order valence-electron chi connectivity index (χ4n) is 2.03. The average Bonchev–Trinajstić information content (AvgIpc) is 2.48. The van der Waals surface area contributed by atoms with Crippen LogP contribution in [0.1, 0.15) is 11.1 Å². The Morgan fingerprint density at radius 2 is 1.82 bits per heavy atom. The number of carbonyl (C=O) groups excluding carboxylic acids is 1. The van der Waals surface area contributed by atoms with Crippen molar-refractivity contribution in [3.8, 4) is 0 Å². The normalized spacial score (nSPS) is 10.1. The van der Waals surface area contributed by atoms with Gasteiger partial charge in [-0.3, -0.25) is 14.9 Å². The van der Waals surface area contributed by atoms with E-state index in [-0.39, 0.29) is 18.1 Å². The minimum absolute atomic E-state index is 0.0188. The molecule has 2 rings (SSSR count). The third-order valence-corrected chi connectivity index (χ3v) is 3.19. The highest BCUT2D eigenvalue weighted by Crippen LogP contribution is 2.17. The van der Waals surface area contributed by atoms with Crippen molar-refractivity contribution in [2.45, 2.75) is 13.8 Å². The zero-order valence-electron chi connectivity index (χ0n) is 12.4. The highest BCUT2D eigenvalue weighted by Gasteiger charge is 2.06. The molecule has 2 aromatic rings. The van der Waals surface area contributed by atoms with Crippen molar-refractivity contribution >= 4 is 23.0 Å². The average molecular weight is 299 g/mol. The van der Waals surface area contributed by atoms with Gasteiger partial charge in [-0.1, -0.05) is 17.7 Å². The van der Waals surface area contributed by atoms with Gasteiger partial charge in [0.15, 0.2) is 0 Å². The van der Waals surface area contributed by atoms with Crippen LogP contribution in [0.3, 0.4) is 0 Å². The molecule has 0 atom stereocenters. The van der Waals surface area contributed by atoms with E-state index in [9.17, 15) is 14.9 Å². The summed E-state index contributed by atoms with van der Waals surface area (Å²) in [5, 5.41) is 16.3. The van der Waals surface area contributed by atoms with Gasteiger partial charge in [-0.15, -0.1) is 0 Å². The van der Waals surface area contributed by atoms with Crippen molar-refractivity contribution in [3.63, 3.8) is 0 Å². The first kappa shape index (κ1) is 15.5. The second-order valence-electron chi connectivity index (χ2n) is 5.02. The Bertz CT molecular complexity index is 696. The van der Waals surface area contributed by atoms with Crippen LogP contribution in [-0.4, -0.2) is 17.4 Å². The van der Waals surface area contributed by atoms with Gasteiger partial charge in [0.1, 0.15) is 0 Å². The van der Waals surface area contributed by atoms with E-state index in [0.29, 0.717) is 5.69 Å². The summed E-state index contributed by atoms with van der Waals surface area (Å²) in [4.78, 5) is 22.0. The lowest BCUT2D eigenvalue weighted by atomic mass is 10.1. The summed E-state index contributed by atoms with van der Waals surface area (Å²) in [7, 11) is 0. The number of nitro benzene ring substituents is 1. The minimum Gasteiger partial charge on any atom is -0.376 e. The van der Waals surface area contributed by atoms with Crippen molar-refractivity contribution in [1.82, 2.24) is 0 Å². The summed E-state index contributed by atoms with van der Waals surface area (Å²) >= 11 is 0. The number of hydrogen-bond donors (Lipinski definition) is 2. The molecular weight excluding hydrogens is 282 g/mol. The zero-order valence-corrected chi connectivity index (χ0v) is 12.4. The molecule has 0 heterocycles. The number of nitro groups is 1. The fourth-order valence-corrected chi connectivity index (χ4v) is 2.03. The summed E-state index contributed by atoms with van der Waals surface area (Å²) in [5.41, 5.74) is 3.59. The van der Waals surface area contributed by atoms with E-state index in [4.69, 9.17) is 0 Å². The summed E-state index contributed by atoms with van der Waals surface area (Å²) in [6.45, 7) is 4.02. The Balaban J connectivity index is 1.91. The van der Waals surface area contributed by atoms with E-state index in [1.54, 1.807) is 12.1 Å². The van der Waals surface area contributed by atoms with Crippen LogP contribution < -0.4 is 10.6 Å². The lowest BCUT2D eigenvalue weighted by Crippen LogP contribution is -2.22. The monoisotopic (exact) mass is 299 g/mol. The molecule has 0 aliphatic rings. The van der Waals surface area contributed by atoms with E-state index >= 15 is 0 Å². The molecule has 0 aliphatic carbocycles. The molecule has 0 aromatic heterocycles. The lowest BCUT2D eigenvalue weighted by Gasteiger charge is -2.10. The van der Waals surface area contributed by atoms with Gasteiger partial charge in [-0.05, 0) is 37.6 Å². The number of carbonyl (C=O) groups is 1. The van der Waals surface area contributed by atoms with E-state index in [2.05, 4.69) is 10.6 Å². The number of amides is 1. The standard InChI is InChI=1S/C16H17N3O3/c1-11-3-8-15(12(2)9-11)18-16(20)10-17-13-4-6-14(7-5-13)19(21)22/h3-9,17H,10H2,1-2H3,(H,18,20). The second-order valence-corrected chi connectivity index (χ2v) is 5.02. The van der Waals surface area contributed by atoms with Crippen LogP contribution in [0.15, 0.2) is 42.5 Å². The van der Waals surface area contributed by atoms with E-state index in [1.807, 2.05) is 32.0 Å². The number of hydrogen-bond acceptors (Lipinski definition) is 4. The number of non-ortho nitro benzene ring substituents is 1. The summed E-state index contributed by atoms with van der Waals surface area (Å²) in [5.74, 6) is -0.176. The molecule has 2 aromatic carbocycles. The van der Waals surface area contributed by atoms with Crippen molar-refractivity contribution < 1.29 is 9.72 Å². The lowest BCUT2D eigenvalue weighted by molar-refractivity contribution is -0.384. The predicted molar refractivity (Wildman–Crippen MR) is 86.1 cm³/mol. The highest BCUT2D eigenvalue weighted by atomic mass is 16.6. The molecule has 6 heteroatoms. The molecule has 0 aliphatic heterocycles. The van der Waals surface area contributed by atoms with E-state index in [1.165, 1.54) is 12.1 Å². The smallest absolute Gasteiger partial charge is 0.269 e. The molecule has 114 valence electrons. The molecule has 0 radical (unpaired) electrons. The first-order chi connectivity index (χ1) is 10.5. The summed E-state index contributed by atoms with van der Waals surface area (Å²) in [6, 6.07) is 11.7. The van der Waals surface area contributed by atoms with Crippen LogP contribution in [0.2, 0.25) is 0 Å². The number of nitrogens with zero attached hydrogens (tertiary/aromatic N) is 1. The Morgan fingerprint density at radius 1 is 1.14 bits per heavy atom. The number of nitrogens with one attached hydrogen (secondary N) is 2. The van der Waals surface area contributed by atoms with E-state index < -0.39 is 4.92 Å². The van der Waals surface area contributed by atoms with Crippen LogP contribution in [0.25, 0.3) is 0 Å². The summed E-state index contributed by atoms with van der Waals surface area (Å²) < 4.78 is 0. The number of benzene rings is 2. The topological polar surface area (TPSA) is 84.3 Å². The first-order valence-corrected chi connectivity index (χ1v) is 6.81. The first-order valence-electron chi connectivity index (χ1n) is 6.81. The Morgan fingerprint density at radius 3 is 2.41 bits per heavy atom. The molecule has 1 amide bonds. The Hall–Kier alpha value is -2.89. The number of anilines is 2. The van der Waals surface area contributed by atoms with Crippen molar-refractivity contribution in [2.75, 3.05) is 17.2 Å². The maximum absolute atomic E-state index is 11.9. The van der Waals surface area contributed by atoms with Gasteiger partial charge in [0.25, 0.3) is 5.69 Å². The molecule has 0 saturated heterocycles. The Labute approximate surface area is 128 Å². The number of aryl methyl sites for hydroxylation is 2. The van der Waals surface area contributed by atoms with Crippen molar-refractivity contribution in [1.29, 1.82) is 0 Å². The SMILES string of the molecule is Cc1ccc(NC(=O)CNc2ccc([N+](=O)[O-])cc2)c(C)c1. The number of rotatable bonds is 5. The molecule has 6 nitrogen and oxygen atoms in total. The molecule has 0 unspecified atom stereocenters. The van der Waals surface area contributed by atoms with Crippen LogP contribution in [0, 0.1) is 24.0 Å². The molecule has 0 fully saturated rings. The van der Waals surface area contributed by atoms with Crippen molar-refractivity contribution in [3.05, 3.63) is 63.7 Å². The van der Waals surface area contributed by atoms with Crippen LogP contribution in [0.4, 0.5) is 17.1 Å². The predicted octanol–water partition coefficient (Wildman–Crippen LogP) is 3.26. The van der Waals surface area contributed by atoms with Gasteiger partial charge in [-0.25, -0.2) is 0 Å². The molecule has 2 N–H and O–H groups in total. The largest absolute Gasteiger partial charge is 0.376 e. The van der Waals surface area contributed by atoms with Gasteiger partial charge in [0.2, 0.25) is 5.91 Å². The van der Waals surface area contributed by atoms with Crippen LogP contribution in [-0.2, 0) is 4.79 Å². The second kappa shape index (κ2) is 6.71. The zero-order chi connectivity index (χ0) is 16.1. The van der Waals surface area contributed by atoms with E-state index in [0.717, 1.165) is 16.8 Å². The minimum atomic E-state index is -0.462. The van der Waals surface area contributed by atoms with Gasteiger partial charge in [0.05, 0.1) is 11.5 Å².